The van der Waals surface area contributed by atoms with Gasteiger partial charge >= 0.3 is 6.03 Å². The van der Waals surface area contributed by atoms with Crippen LogP contribution in [0, 0.1) is 11.6 Å². The van der Waals surface area contributed by atoms with Gasteiger partial charge in [-0.05, 0) is 25.1 Å². The highest BCUT2D eigenvalue weighted by Gasteiger charge is 2.24. The average molecular weight is 300 g/mol. The second-order valence-corrected chi connectivity index (χ2v) is 4.24. The molecule has 0 spiro atoms. The number of carbonyl (C=O) groups is 3. The largest absolute Gasteiger partial charge is 0.367 e. The van der Waals surface area contributed by atoms with E-state index in [0.717, 1.165) is 18.2 Å². The van der Waals surface area contributed by atoms with Crippen molar-refractivity contribution in [2.45, 2.75) is 19.0 Å². The van der Waals surface area contributed by atoms with Crippen molar-refractivity contribution in [2.24, 2.45) is 11.5 Å². The Kier molecular flexibility index (Phi) is 5.17. The molecule has 6 N–H and O–H groups in total. The van der Waals surface area contributed by atoms with Gasteiger partial charge in [-0.15, -0.1) is 0 Å². The van der Waals surface area contributed by atoms with Gasteiger partial charge in [-0.25, -0.2) is 13.6 Å². The van der Waals surface area contributed by atoms with E-state index in [1.54, 1.807) is 0 Å². The lowest BCUT2D eigenvalue weighted by atomic mass is 10.1. The molecule has 1 aromatic rings. The first-order valence-electron chi connectivity index (χ1n) is 5.83. The first-order chi connectivity index (χ1) is 9.72. The number of primary amides is 2. The normalized spacial score (nSPS) is 11.8. The Hall–Kier alpha value is -2.71. The Labute approximate surface area is 118 Å². The molecule has 7 nitrogen and oxygen atoms in total. The van der Waals surface area contributed by atoms with E-state index in [1.165, 1.54) is 6.92 Å². The summed E-state index contributed by atoms with van der Waals surface area (Å²) in [4.78, 5) is 33.4. The van der Waals surface area contributed by atoms with E-state index in [-0.39, 0.29) is 5.56 Å². The summed E-state index contributed by atoms with van der Waals surface area (Å²) >= 11 is 0. The van der Waals surface area contributed by atoms with E-state index in [2.05, 4.69) is 5.32 Å². The molecule has 1 rings (SSSR count). The van der Waals surface area contributed by atoms with Crippen LogP contribution in [0.25, 0.3) is 0 Å². The van der Waals surface area contributed by atoms with Crippen LogP contribution in [0.3, 0.4) is 0 Å². The Bertz CT molecular complexity index is 566. The van der Waals surface area contributed by atoms with Crippen LogP contribution in [0.2, 0.25) is 0 Å². The van der Waals surface area contributed by atoms with E-state index in [4.69, 9.17) is 11.5 Å². The summed E-state index contributed by atoms with van der Waals surface area (Å²) in [5.74, 6) is -3.66. The molecule has 0 aliphatic heterocycles. The number of halogens is 2. The van der Waals surface area contributed by atoms with Gasteiger partial charge in [0.1, 0.15) is 11.6 Å². The first kappa shape index (κ1) is 16.3. The fourth-order valence-corrected chi connectivity index (χ4v) is 1.58. The average Bonchev–Trinajstić information content (AvgIpc) is 2.37. The van der Waals surface area contributed by atoms with Gasteiger partial charge < -0.3 is 22.1 Å². The molecule has 4 amide bonds. The van der Waals surface area contributed by atoms with E-state index in [9.17, 15) is 23.2 Å². The van der Waals surface area contributed by atoms with Crippen molar-refractivity contribution >= 4 is 17.8 Å². The molecule has 0 aliphatic rings. The third-order valence-corrected chi connectivity index (χ3v) is 2.62. The maximum Gasteiger partial charge on any atom is 0.316 e. The highest BCUT2D eigenvalue weighted by atomic mass is 19.1. The van der Waals surface area contributed by atoms with Crippen LogP contribution in [0.4, 0.5) is 13.6 Å². The summed E-state index contributed by atoms with van der Waals surface area (Å²) in [6.07, 6.45) is 0. The van der Waals surface area contributed by atoms with Gasteiger partial charge in [-0.1, -0.05) is 0 Å². The Morgan fingerprint density at radius 1 is 1.10 bits per heavy atom. The summed E-state index contributed by atoms with van der Waals surface area (Å²) in [7, 11) is 0. The summed E-state index contributed by atoms with van der Waals surface area (Å²) in [5, 5.41) is 4.17. The van der Waals surface area contributed by atoms with Gasteiger partial charge in [-0.3, -0.25) is 9.59 Å². The molecule has 0 saturated carbocycles. The standard InChI is InChI=1S/C12H14F2N4O3/c1-5(7-4-6(13)2-3-8(7)14)17-12(21)18-9(10(15)19)11(16)20/h2-5,9H,1H3,(H2,15,19)(H2,16,20)(H2,17,18,21)/t5-/m1/s1. The minimum Gasteiger partial charge on any atom is -0.367 e. The molecular weight excluding hydrogens is 286 g/mol. The quantitative estimate of drug-likeness (QED) is 0.556. The minimum atomic E-state index is -1.70. The van der Waals surface area contributed by atoms with Crippen LogP contribution in [0.15, 0.2) is 18.2 Å². The molecule has 0 aromatic heterocycles. The fourth-order valence-electron chi connectivity index (χ4n) is 1.58. The van der Waals surface area contributed by atoms with Gasteiger partial charge in [0.15, 0.2) is 6.04 Å². The molecule has 1 aromatic carbocycles. The highest BCUT2D eigenvalue weighted by molar-refractivity contribution is 6.05. The van der Waals surface area contributed by atoms with Crippen LogP contribution in [0.1, 0.15) is 18.5 Å². The zero-order valence-electron chi connectivity index (χ0n) is 11.0. The number of amides is 4. The topological polar surface area (TPSA) is 127 Å². The van der Waals surface area contributed by atoms with Crippen molar-refractivity contribution < 1.29 is 23.2 Å². The predicted octanol–water partition coefficient (Wildman–Crippen LogP) is -0.336. The molecule has 0 unspecified atom stereocenters. The molecule has 9 heteroatoms. The smallest absolute Gasteiger partial charge is 0.316 e. The Morgan fingerprint density at radius 3 is 2.19 bits per heavy atom. The molecule has 0 radical (unpaired) electrons. The molecule has 0 heterocycles. The Balaban J connectivity index is 2.76. The number of benzene rings is 1. The van der Waals surface area contributed by atoms with Crippen LogP contribution in [-0.4, -0.2) is 23.9 Å². The number of nitrogens with two attached hydrogens (primary N) is 2. The van der Waals surface area contributed by atoms with Crippen molar-refractivity contribution in [1.82, 2.24) is 10.6 Å². The van der Waals surface area contributed by atoms with Gasteiger partial charge in [0.2, 0.25) is 11.8 Å². The van der Waals surface area contributed by atoms with Gasteiger partial charge in [-0.2, -0.15) is 0 Å². The van der Waals surface area contributed by atoms with Crippen molar-refractivity contribution in [3.05, 3.63) is 35.4 Å². The number of urea groups is 1. The van der Waals surface area contributed by atoms with Crippen molar-refractivity contribution in [3.8, 4) is 0 Å². The lowest BCUT2D eigenvalue weighted by molar-refractivity contribution is -0.128. The molecular formula is C12H14F2N4O3. The zero-order chi connectivity index (χ0) is 16.2. The van der Waals surface area contributed by atoms with E-state index < -0.39 is 41.6 Å². The zero-order valence-corrected chi connectivity index (χ0v) is 11.0. The van der Waals surface area contributed by atoms with Crippen LogP contribution in [0.5, 0.6) is 0 Å². The molecule has 1 atom stereocenters. The number of rotatable bonds is 5. The van der Waals surface area contributed by atoms with Crippen molar-refractivity contribution in [2.75, 3.05) is 0 Å². The van der Waals surface area contributed by atoms with E-state index >= 15 is 0 Å². The van der Waals surface area contributed by atoms with E-state index in [1.807, 2.05) is 5.32 Å². The fraction of sp³-hybridized carbons (Fsp3) is 0.250. The molecule has 0 bridgehead atoms. The Morgan fingerprint density at radius 2 is 1.67 bits per heavy atom. The monoisotopic (exact) mass is 300 g/mol. The maximum atomic E-state index is 13.5. The SMILES string of the molecule is C[C@@H](NC(=O)NC(C(N)=O)C(N)=O)c1cc(F)ccc1F. The predicted molar refractivity (Wildman–Crippen MR) is 68.6 cm³/mol. The minimum absolute atomic E-state index is 0.0974. The van der Waals surface area contributed by atoms with E-state index in [0.29, 0.717) is 0 Å². The third kappa shape index (κ3) is 4.41. The van der Waals surface area contributed by atoms with Crippen LogP contribution < -0.4 is 22.1 Å². The van der Waals surface area contributed by atoms with Crippen molar-refractivity contribution in [3.63, 3.8) is 0 Å². The van der Waals surface area contributed by atoms with Gasteiger partial charge in [0, 0.05) is 5.56 Å². The summed E-state index contributed by atoms with van der Waals surface area (Å²) in [5.41, 5.74) is 9.66. The van der Waals surface area contributed by atoms with Gasteiger partial charge in [0.05, 0.1) is 6.04 Å². The van der Waals surface area contributed by atoms with Crippen LogP contribution >= 0.6 is 0 Å². The molecule has 0 aliphatic carbocycles. The third-order valence-electron chi connectivity index (χ3n) is 2.62. The maximum absolute atomic E-state index is 13.5. The van der Waals surface area contributed by atoms with Gasteiger partial charge in [0.25, 0.3) is 0 Å². The second kappa shape index (κ2) is 6.64. The van der Waals surface area contributed by atoms with Crippen LogP contribution in [-0.2, 0) is 9.59 Å². The molecule has 21 heavy (non-hydrogen) atoms. The number of hydrogen-bond donors (Lipinski definition) is 4. The lowest BCUT2D eigenvalue weighted by Crippen LogP contribution is -2.55. The first-order valence-corrected chi connectivity index (χ1v) is 5.83. The molecule has 0 fully saturated rings. The molecule has 0 saturated heterocycles. The summed E-state index contributed by atoms with van der Waals surface area (Å²) in [6.45, 7) is 1.39. The van der Waals surface area contributed by atoms with Crippen molar-refractivity contribution in [1.29, 1.82) is 0 Å². The lowest BCUT2D eigenvalue weighted by Gasteiger charge is -2.18. The molecule has 114 valence electrons. The summed E-state index contributed by atoms with van der Waals surface area (Å²) < 4.78 is 26.6. The number of carbonyl (C=O) groups excluding carboxylic acids is 3. The number of hydrogen-bond acceptors (Lipinski definition) is 3. The highest BCUT2D eigenvalue weighted by Crippen LogP contribution is 2.17. The second-order valence-electron chi connectivity index (χ2n) is 4.24. The number of nitrogens with one attached hydrogen (secondary N) is 2. The summed E-state index contributed by atoms with van der Waals surface area (Å²) in [6, 6.07) is -0.830.